The summed E-state index contributed by atoms with van der Waals surface area (Å²) in [6.07, 6.45) is 18.6. The topological polar surface area (TPSA) is 0 Å². The Bertz CT molecular complexity index is 466. The average Bonchev–Trinajstić information content (AvgIpc) is 2.66. The highest BCUT2D eigenvalue weighted by molar-refractivity contribution is 5.39. The van der Waals surface area contributed by atoms with E-state index in [1.807, 2.05) is 0 Å². The largest absolute Gasteiger partial charge is 0.0843 e. The molecule has 0 bridgehead atoms. The molecule has 0 aromatic heterocycles. The summed E-state index contributed by atoms with van der Waals surface area (Å²) in [6.45, 7) is 9.37. The summed E-state index contributed by atoms with van der Waals surface area (Å²) in [7, 11) is 0. The van der Waals surface area contributed by atoms with Gasteiger partial charge in [0.25, 0.3) is 0 Å². The summed E-state index contributed by atoms with van der Waals surface area (Å²) >= 11 is 0. The lowest BCUT2D eigenvalue weighted by Gasteiger charge is -2.33. The molecule has 0 aliphatic heterocycles. The van der Waals surface area contributed by atoms with Crippen molar-refractivity contribution >= 4 is 0 Å². The molecule has 2 aliphatic rings. The molecule has 0 saturated heterocycles. The molecule has 0 nitrogen and oxygen atoms in total. The third-order valence-electron chi connectivity index (χ3n) is 4.93. The fraction of sp³-hybridized carbons (Fsp3) is 0.600. The van der Waals surface area contributed by atoms with Gasteiger partial charge in [-0.3, -0.25) is 0 Å². The Balaban J connectivity index is 2.21. The van der Waals surface area contributed by atoms with Crippen LogP contribution in [0.3, 0.4) is 0 Å². The summed E-state index contributed by atoms with van der Waals surface area (Å²) in [4.78, 5) is 0. The van der Waals surface area contributed by atoms with Gasteiger partial charge in [0, 0.05) is 0 Å². The zero-order valence-corrected chi connectivity index (χ0v) is 13.8. The van der Waals surface area contributed by atoms with Gasteiger partial charge < -0.3 is 0 Å². The summed E-state index contributed by atoms with van der Waals surface area (Å²) in [6, 6.07) is 0. The van der Waals surface area contributed by atoms with Crippen molar-refractivity contribution < 1.29 is 0 Å². The average molecular weight is 270 g/mol. The molecule has 2 aliphatic carbocycles. The molecule has 0 radical (unpaired) electrons. The van der Waals surface area contributed by atoms with Crippen LogP contribution in [0.1, 0.15) is 72.6 Å². The normalized spacial score (nSPS) is 26.0. The van der Waals surface area contributed by atoms with Crippen LogP contribution < -0.4 is 0 Å². The molecule has 0 unspecified atom stereocenters. The second-order valence-electron chi connectivity index (χ2n) is 7.12. The highest BCUT2D eigenvalue weighted by Gasteiger charge is 2.26. The second-order valence-corrected chi connectivity index (χ2v) is 7.12. The molecule has 0 aromatic carbocycles. The van der Waals surface area contributed by atoms with Crippen molar-refractivity contribution in [2.75, 3.05) is 0 Å². The van der Waals surface area contributed by atoms with E-state index in [2.05, 4.69) is 52.0 Å². The Hall–Kier alpha value is -1.04. The van der Waals surface area contributed by atoms with Crippen LogP contribution in [0.25, 0.3) is 0 Å². The molecule has 0 fully saturated rings. The number of rotatable bonds is 2. The van der Waals surface area contributed by atoms with E-state index < -0.39 is 0 Å². The monoisotopic (exact) mass is 270 g/mol. The van der Waals surface area contributed by atoms with E-state index in [1.165, 1.54) is 56.1 Å². The van der Waals surface area contributed by atoms with Crippen LogP contribution in [0.5, 0.6) is 0 Å². The molecule has 0 amide bonds. The quantitative estimate of drug-likeness (QED) is 0.536. The van der Waals surface area contributed by atoms with Crippen LogP contribution in [0, 0.1) is 5.41 Å². The molecule has 0 spiro atoms. The molecule has 0 N–H and O–H groups in total. The van der Waals surface area contributed by atoms with E-state index in [1.54, 1.807) is 11.1 Å². The standard InChI is InChI=1S/C20H30/c1-16(18-11-7-5-6-8-12-18)13-14-19-17(2)10-9-15-20(19,3)4/h7,11,13-14H,5-6,8-10,12,15H2,1-4H3. The predicted molar refractivity (Wildman–Crippen MR) is 89.8 cm³/mol. The Morgan fingerprint density at radius 2 is 1.95 bits per heavy atom. The zero-order valence-electron chi connectivity index (χ0n) is 13.8. The lowest BCUT2D eigenvalue weighted by molar-refractivity contribution is 0.377. The third kappa shape index (κ3) is 3.75. The fourth-order valence-corrected chi connectivity index (χ4v) is 3.54. The summed E-state index contributed by atoms with van der Waals surface area (Å²) in [5.41, 5.74) is 6.49. The highest BCUT2D eigenvalue weighted by atomic mass is 14.3. The van der Waals surface area contributed by atoms with Crippen LogP contribution in [0.4, 0.5) is 0 Å². The first-order chi connectivity index (χ1) is 9.50. The maximum absolute atomic E-state index is 2.40. The molecule has 2 rings (SSSR count). The fourth-order valence-electron chi connectivity index (χ4n) is 3.54. The first-order valence-corrected chi connectivity index (χ1v) is 8.25. The molecule has 0 aromatic rings. The first-order valence-electron chi connectivity index (χ1n) is 8.25. The predicted octanol–water partition coefficient (Wildman–Crippen LogP) is 6.52. The van der Waals surface area contributed by atoms with Crippen molar-refractivity contribution in [3.05, 3.63) is 46.6 Å². The molecular weight excluding hydrogens is 240 g/mol. The first kappa shape index (κ1) is 15.4. The van der Waals surface area contributed by atoms with Crippen molar-refractivity contribution in [1.82, 2.24) is 0 Å². The maximum atomic E-state index is 2.40. The van der Waals surface area contributed by atoms with E-state index in [9.17, 15) is 0 Å². The van der Waals surface area contributed by atoms with Crippen molar-refractivity contribution in [2.45, 2.75) is 72.6 Å². The lowest BCUT2D eigenvalue weighted by Crippen LogP contribution is -2.19. The van der Waals surface area contributed by atoms with Crippen molar-refractivity contribution in [1.29, 1.82) is 0 Å². The third-order valence-corrected chi connectivity index (χ3v) is 4.93. The van der Waals surface area contributed by atoms with Gasteiger partial charge in [-0.1, -0.05) is 43.7 Å². The van der Waals surface area contributed by atoms with Gasteiger partial charge in [-0.05, 0) is 80.9 Å². The Morgan fingerprint density at radius 3 is 2.70 bits per heavy atom. The van der Waals surface area contributed by atoms with Crippen LogP contribution >= 0.6 is 0 Å². The molecule has 110 valence electrons. The Labute approximate surface area is 125 Å². The minimum absolute atomic E-state index is 0.350. The molecule has 0 saturated carbocycles. The van der Waals surface area contributed by atoms with Crippen LogP contribution in [0.2, 0.25) is 0 Å². The summed E-state index contributed by atoms with van der Waals surface area (Å²) in [5, 5.41) is 0. The van der Waals surface area contributed by atoms with Crippen molar-refractivity contribution in [3.8, 4) is 0 Å². The maximum Gasteiger partial charge on any atom is -0.0104 e. The lowest BCUT2D eigenvalue weighted by atomic mass is 9.72. The smallest absolute Gasteiger partial charge is 0.0104 e. The van der Waals surface area contributed by atoms with Crippen LogP contribution in [-0.2, 0) is 0 Å². The number of allylic oxidation sites excluding steroid dienone is 8. The number of hydrogen-bond acceptors (Lipinski definition) is 0. The van der Waals surface area contributed by atoms with Crippen LogP contribution in [-0.4, -0.2) is 0 Å². The van der Waals surface area contributed by atoms with Crippen LogP contribution in [0.15, 0.2) is 46.6 Å². The van der Waals surface area contributed by atoms with Gasteiger partial charge in [0.05, 0.1) is 0 Å². The Kier molecular flexibility index (Phi) is 5.07. The minimum atomic E-state index is 0.350. The van der Waals surface area contributed by atoms with E-state index in [0.29, 0.717) is 5.41 Å². The Morgan fingerprint density at radius 1 is 1.15 bits per heavy atom. The summed E-state index contributed by atoms with van der Waals surface area (Å²) < 4.78 is 0. The van der Waals surface area contributed by atoms with Gasteiger partial charge in [0.15, 0.2) is 0 Å². The van der Waals surface area contributed by atoms with Gasteiger partial charge in [0.1, 0.15) is 0 Å². The zero-order chi connectivity index (χ0) is 14.6. The van der Waals surface area contributed by atoms with E-state index in [4.69, 9.17) is 0 Å². The molecule has 0 atom stereocenters. The van der Waals surface area contributed by atoms with Crippen molar-refractivity contribution in [3.63, 3.8) is 0 Å². The van der Waals surface area contributed by atoms with Gasteiger partial charge in [-0.15, -0.1) is 0 Å². The minimum Gasteiger partial charge on any atom is -0.0843 e. The van der Waals surface area contributed by atoms with Gasteiger partial charge in [-0.25, -0.2) is 0 Å². The molecule has 0 heteroatoms. The molecule has 20 heavy (non-hydrogen) atoms. The summed E-state index contributed by atoms with van der Waals surface area (Å²) in [5.74, 6) is 0. The number of hydrogen-bond donors (Lipinski definition) is 0. The molecule has 0 heterocycles. The van der Waals surface area contributed by atoms with Crippen molar-refractivity contribution in [2.24, 2.45) is 5.41 Å². The second kappa shape index (κ2) is 6.61. The van der Waals surface area contributed by atoms with Gasteiger partial charge >= 0.3 is 0 Å². The van der Waals surface area contributed by atoms with E-state index >= 15 is 0 Å². The highest BCUT2D eigenvalue weighted by Crippen LogP contribution is 2.40. The SMILES string of the molecule is CC(C=CC1=C(C)CCCC1(C)C)=C1C=CCCCC1. The molecular formula is C20H30. The van der Waals surface area contributed by atoms with E-state index in [-0.39, 0.29) is 0 Å². The van der Waals surface area contributed by atoms with Gasteiger partial charge in [-0.2, -0.15) is 0 Å². The van der Waals surface area contributed by atoms with Gasteiger partial charge in [0.2, 0.25) is 0 Å². The van der Waals surface area contributed by atoms with E-state index in [0.717, 1.165) is 0 Å².